The average Bonchev–Trinajstić information content (AvgIpc) is 2.82. The lowest BCUT2D eigenvalue weighted by atomic mass is 10.0. The minimum Gasteiger partial charge on any atom is -0.344 e. The van der Waals surface area contributed by atoms with E-state index in [-0.39, 0.29) is 12.1 Å². The number of hydrogen-bond donors (Lipinski definition) is 1. The maximum absolute atomic E-state index is 13.4. The van der Waals surface area contributed by atoms with Crippen LogP contribution in [0.5, 0.6) is 0 Å². The van der Waals surface area contributed by atoms with E-state index in [2.05, 4.69) is 0 Å². The predicted octanol–water partition coefficient (Wildman–Crippen LogP) is 3.92. The van der Waals surface area contributed by atoms with E-state index >= 15 is 0 Å². The summed E-state index contributed by atoms with van der Waals surface area (Å²) in [5.74, 6) is -2.01. The standard InChI is InChI=1S/C23H26F2N2O4S/c24-22(25)23(29)26-15-21(28)18-13-11-17(12-14-18)16-27(19-7-3-1-4-8-19)32(30,31)20-9-5-2-6-10-20/h1,3-4,7-8,11-14,20,22H,2,5-6,9-10,15-16H2,(H,26,29). The number of amides is 1. The van der Waals surface area contributed by atoms with E-state index in [0.29, 0.717) is 24.1 Å². The Hall–Kier alpha value is -2.81. The third-order valence-corrected chi connectivity index (χ3v) is 7.82. The molecule has 6 nitrogen and oxygen atoms in total. The number of sulfonamides is 1. The molecule has 1 aliphatic carbocycles. The first-order valence-electron chi connectivity index (χ1n) is 10.5. The van der Waals surface area contributed by atoms with Crippen molar-refractivity contribution in [2.45, 2.75) is 50.3 Å². The summed E-state index contributed by atoms with van der Waals surface area (Å²) >= 11 is 0. The van der Waals surface area contributed by atoms with Gasteiger partial charge in [0.05, 0.1) is 24.0 Å². The predicted molar refractivity (Wildman–Crippen MR) is 118 cm³/mol. The Balaban J connectivity index is 1.76. The van der Waals surface area contributed by atoms with Gasteiger partial charge in [-0.2, -0.15) is 8.78 Å². The molecule has 0 aromatic heterocycles. The Kier molecular flexibility index (Phi) is 7.95. The lowest BCUT2D eigenvalue weighted by Gasteiger charge is -2.31. The molecule has 0 unspecified atom stereocenters. The summed E-state index contributed by atoms with van der Waals surface area (Å²) in [7, 11) is -3.58. The second kappa shape index (κ2) is 10.7. The van der Waals surface area contributed by atoms with E-state index in [4.69, 9.17) is 0 Å². The van der Waals surface area contributed by atoms with Crippen LogP contribution in [0.3, 0.4) is 0 Å². The fourth-order valence-corrected chi connectivity index (χ4v) is 5.81. The molecule has 0 bridgehead atoms. The Bertz CT molecular complexity index is 1020. The fourth-order valence-electron chi connectivity index (χ4n) is 3.77. The number of alkyl halides is 2. The Morgan fingerprint density at radius 2 is 1.59 bits per heavy atom. The quantitative estimate of drug-likeness (QED) is 0.570. The molecule has 1 saturated carbocycles. The van der Waals surface area contributed by atoms with E-state index in [1.54, 1.807) is 36.4 Å². The summed E-state index contributed by atoms with van der Waals surface area (Å²) in [5.41, 5.74) is 1.50. The zero-order valence-corrected chi connectivity index (χ0v) is 18.4. The molecule has 1 fully saturated rings. The number of carbonyl (C=O) groups excluding carboxylic acids is 2. The van der Waals surface area contributed by atoms with Crippen LogP contribution in [-0.2, 0) is 21.4 Å². The zero-order chi connectivity index (χ0) is 23.1. The number of nitrogens with one attached hydrogen (secondary N) is 1. The number of para-hydroxylation sites is 1. The zero-order valence-electron chi connectivity index (χ0n) is 17.5. The van der Waals surface area contributed by atoms with Crippen LogP contribution in [0.15, 0.2) is 54.6 Å². The van der Waals surface area contributed by atoms with Crippen molar-refractivity contribution in [2.75, 3.05) is 10.8 Å². The number of nitrogens with zero attached hydrogens (tertiary/aromatic N) is 1. The first kappa shape index (κ1) is 23.8. The van der Waals surface area contributed by atoms with Crippen LogP contribution in [-0.4, -0.2) is 38.3 Å². The highest BCUT2D eigenvalue weighted by Gasteiger charge is 2.33. The van der Waals surface area contributed by atoms with Crippen LogP contribution in [0.1, 0.15) is 48.0 Å². The van der Waals surface area contributed by atoms with Crippen molar-refractivity contribution in [3.63, 3.8) is 0 Å². The maximum atomic E-state index is 13.4. The van der Waals surface area contributed by atoms with Gasteiger partial charge in [-0.15, -0.1) is 0 Å². The normalized spacial score (nSPS) is 14.8. The maximum Gasteiger partial charge on any atom is 0.315 e. The van der Waals surface area contributed by atoms with Gasteiger partial charge < -0.3 is 5.32 Å². The van der Waals surface area contributed by atoms with Crippen molar-refractivity contribution >= 4 is 27.4 Å². The van der Waals surface area contributed by atoms with Gasteiger partial charge in [-0.3, -0.25) is 13.9 Å². The van der Waals surface area contributed by atoms with Crippen molar-refractivity contribution in [3.05, 3.63) is 65.7 Å². The van der Waals surface area contributed by atoms with Crippen molar-refractivity contribution in [3.8, 4) is 0 Å². The Morgan fingerprint density at radius 3 is 2.19 bits per heavy atom. The molecule has 32 heavy (non-hydrogen) atoms. The van der Waals surface area contributed by atoms with Crippen LogP contribution < -0.4 is 9.62 Å². The fraction of sp³-hybridized carbons (Fsp3) is 0.391. The van der Waals surface area contributed by atoms with Gasteiger partial charge in [0, 0.05) is 5.56 Å². The molecule has 1 N–H and O–H groups in total. The molecular weight excluding hydrogens is 438 g/mol. The second-order valence-corrected chi connectivity index (χ2v) is 9.92. The van der Waals surface area contributed by atoms with E-state index in [1.807, 2.05) is 11.4 Å². The van der Waals surface area contributed by atoms with Crippen LogP contribution in [0.4, 0.5) is 14.5 Å². The SMILES string of the molecule is O=C(CNC(=O)C(F)F)c1ccc(CN(c2ccccc2)S(=O)(=O)C2CCCCC2)cc1. The van der Waals surface area contributed by atoms with Crippen molar-refractivity contribution in [1.82, 2.24) is 5.32 Å². The summed E-state index contributed by atoms with van der Waals surface area (Å²) in [5, 5.41) is 1.46. The second-order valence-electron chi connectivity index (χ2n) is 7.79. The van der Waals surface area contributed by atoms with Crippen molar-refractivity contribution in [2.24, 2.45) is 0 Å². The first-order valence-corrected chi connectivity index (χ1v) is 12.0. The first-order chi connectivity index (χ1) is 15.3. The minimum atomic E-state index is -3.58. The molecule has 0 atom stereocenters. The topological polar surface area (TPSA) is 83.6 Å². The van der Waals surface area contributed by atoms with Gasteiger partial charge in [-0.1, -0.05) is 61.7 Å². The Morgan fingerprint density at radius 1 is 0.969 bits per heavy atom. The molecule has 1 amide bonds. The van der Waals surface area contributed by atoms with E-state index < -0.39 is 39.9 Å². The summed E-state index contributed by atoms with van der Waals surface area (Å²) in [4.78, 5) is 23.1. The average molecular weight is 465 g/mol. The van der Waals surface area contributed by atoms with Gasteiger partial charge >= 0.3 is 6.43 Å². The number of rotatable bonds is 9. The number of ketones is 1. The van der Waals surface area contributed by atoms with Gasteiger partial charge in [0.15, 0.2) is 5.78 Å². The highest BCUT2D eigenvalue weighted by atomic mass is 32.2. The molecule has 0 spiro atoms. The molecule has 3 rings (SSSR count). The molecule has 1 aliphatic rings. The van der Waals surface area contributed by atoms with Crippen LogP contribution in [0, 0.1) is 0 Å². The molecule has 9 heteroatoms. The van der Waals surface area contributed by atoms with Gasteiger partial charge in [-0.25, -0.2) is 8.42 Å². The summed E-state index contributed by atoms with van der Waals surface area (Å²) in [6.45, 7) is -0.422. The van der Waals surface area contributed by atoms with Crippen LogP contribution in [0.25, 0.3) is 0 Å². The summed E-state index contributed by atoms with van der Waals surface area (Å²) < 4.78 is 52.8. The molecule has 0 saturated heterocycles. The lowest BCUT2D eigenvalue weighted by Crippen LogP contribution is -2.39. The summed E-state index contributed by atoms with van der Waals surface area (Å²) in [6.07, 6.45) is 0.939. The van der Waals surface area contributed by atoms with Gasteiger partial charge in [-0.05, 0) is 30.5 Å². The van der Waals surface area contributed by atoms with E-state index in [0.717, 1.165) is 19.3 Å². The number of benzene rings is 2. The smallest absolute Gasteiger partial charge is 0.315 e. The van der Waals surface area contributed by atoms with E-state index in [1.165, 1.54) is 16.4 Å². The molecule has 0 heterocycles. The number of halogens is 2. The molecule has 2 aromatic carbocycles. The monoisotopic (exact) mass is 464 g/mol. The molecule has 2 aromatic rings. The largest absolute Gasteiger partial charge is 0.344 e. The van der Waals surface area contributed by atoms with Crippen LogP contribution >= 0.6 is 0 Å². The van der Waals surface area contributed by atoms with Gasteiger partial charge in [0.1, 0.15) is 0 Å². The highest BCUT2D eigenvalue weighted by Crippen LogP contribution is 2.30. The third-order valence-electron chi connectivity index (χ3n) is 5.55. The number of anilines is 1. The number of hydrogen-bond acceptors (Lipinski definition) is 4. The molecular formula is C23H26F2N2O4S. The number of carbonyl (C=O) groups is 2. The van der Waals surface area contributed by atoms with Crippen LogP contribution in [0.2, 0.25) is 0 Å². The summed E-state index contributed by atoms with van der Waals surface area (Å²) in [6, 6.07) is 15.2. The molecule has 0 radical (unpaired) electrons. The molecule has 172 valence electrons. The van der Waals surface area contributed by atoms with Gasteiger partial charge in [0.2, 0.25) is 10.0 Å². The Labute approximate surface area is 186 Å². The van der Waals surface area contributed by atoms with Crippen molar-refractivity contribution < 1.29 is 26.8 Å². The number of Topliss-reactive ketones (excluding diaryl/α,β-unsaturated/α-hetero) is 1. The van der Waals surface area contributed by atoms with Gasteiger partial charge in [0.25, 0.3) is 5.91 Å². The van der Waals surface area contributed by atoms with Crippen molar-refractivity contribution in [1.29, 1.82) is 0 Å². The third kappa shape index (κ3) is 5.91. The lowest BCUT2D eigenvalue weighted by molar-refractivity contribution is -0.131. The molecule has 0 aliphatic heterocycles. The highest BCUT2D eigenvalue weighted by molar-refractivity contribution is 7.93. The van der Waals surface area contributed by atoms with E-state index in [9.17, 15) is 26.8 Å². The minimum absolute atomic E-state index is 0.111.